The molecule has 30 heavy (non-hydrogen) atoms. The number of amides is 4. The zero-order valence-corrected chi connectivity index (χ0v) is 18.2. The number of urea groups is 1. The van der Waals surface area contributed by atoms with Crippen molar-refractivity contribution in [1.82, 2.24) is 20.0 Å². The molecule has 3 fully saturated rings. The lowest BCUT2D eigenvalue weighted by molar-refractivity contribution is -0.141. The Morgan fingerprint density at radius 2 is 1.97 bits per heavy atom. The number of imide groups is 1. The Labute approximate surface area is 182 Å². The maximum absolute atomic E-state index is 13.1. The number of hydrogen-bond donors (Lipinski definition) is 1. The molecule has 2 aliphatic heterocycles. The summed E-state index contributed by atoms with van der Waals surface area (Å²) < 4.78 is 0. The fourth-order valence-corrected chi connectivity index (χ4v) is 5.14. The van der Waals surface area contributed by atoms with Gasteiger partial charge in [-0.15, -0.1) is 0 Å². The first-order chi connectivity index (χ1) is 14.4. The van der Waals surface area contributed by atoms with Crippen molar-refractivity contribution in [1.29, 1.82) is 0 Å². The second-order valence-corrected chi connectivity index (χ2v) is 9.16. The average molecular weight is 433 g/mol. The van der Waals surface area contributed by atoms with Crippen molar-refractivity contribution in [2.24, 2.45) is 5.92 Å². The van der Waals surface area contributed by atoms with Gasteiger partial charge in [-0.05, 0) is 36.5 Å². The Morgan fingerprint density at radius 1 is 1.20 bits per heavy atom. The zero-order valence-electron chi connectivity index (χ0n) is 17.4. The van der Waals surface area contributed by atoms with E-state index in [0.717, 1.165) is 54.4 Å². The molecule has 1 N–H and O–H groups in total. The van der Waals surface area contributed by atoms with Gasteiger partial charge in [-0.3, -0.25) is 19.4 Å². The Morgan fingerprint density at radius 3 is 2.67 bits per heavy atom. The molecule has 0 bridgehead atoms. The van der Waals surface area contributed by atoms with Crippen molar-refractivity contribution in [2.75, 3.05) is 32.7 Å². The van der Waals surface area contributed by atoms with E-state index in [4.69, 9.17) is 11.6 Å². The van der Waals surface area contributed by atoms with Gasteiger partial charge in [-0.1, -0.05) is 43.5 Å². The van der Waals surface area contributed by atoms with Crippen molar-refractivity contribution < 1.29 is 14.4 Å². The number of hydrogen-bond acceptors (Lipinski definition) is 4. The number of benzene rings is 1. The van der Waals surface area contributed by atoms with Gasteiger partial charge in [0.15, 0.2) is 0 Å². The summed E-state index contributed by atoms with van der Waals surface area (Å²) >= 11 is 6.06. The van der Waals surface area contributed by atoms with Gasteiger partial charge in [0.25, 0.3) is 5.91 Å². The molecule has 4 rings (SSSR count). The summed E-state index contributed by atoms with van der Waals surface area (Å²) in [5.74, 6) is -0.299. The van der Waals surface area contributed by atoms with Crippen LogP contribution in [-0.4, -0.2) is 70.8 Å². The van der Waals surface area contributed by atoms with Crippen LogP contribution in [0.5, 0.6) is 0 Å². The lowest BCUT2D eigenvalue weighted by Crippen LogP contribution is -2.54. The van der Waals surface area contributed by atoms with Gasteiger partial charge in [0.2, 0.25) is 5.91 Å². The van der Waals surface area contributed by atoms with Gasteiger partial charge in [0.1, 0.15) is 12.1 Å². The fraction of sp³-hybridized carbons (Fsp3) is 0.591. The Bertz CT molecular complexity index is 839. The van der Waals surface area contributed by atoms with Crippen molar-refractivity contribution in [3.63, 3.8) is 0 Å². The van der Waals surface area contributed by atoms with E-state index in [0.29, 0.717) is 19.5 Å². The molecule has 1 aromatic rings. The van der Waals surface area contributed by atoms with Crippen LogP contribution in [0.25, 0.3) is 0 Å². The number of nitrogens with zero attached hydrogens (tertiary/aromatic N) is 3. The SMILES string of the molecule is CC1CCCCC12NC(=O)N(CC(=O)N1CCN(Cc3cccc(Cl)c3)CC1)C2=O. The van der Waals surface area contributed by atoms with E-state index in [1.165, 1.54) is 0 Å². The standard InChI is InChI=1S/C22H29ClN4O3/c1-16-5-2-3-8-22(16)20(29)27(21(30)24-22)15-19(28)26-11-9-25(10-12-26)14-17-6-4-7-18(23)13-17/h4,6-7,13,16H,2-3,5,8-12,14-15H2,1H3,(H,24,30). The maximum atomic E-state index is 13.1. The highest BCUT2D eigenvalue weighted by Gasteiger charge is 2.55. The lowest BCUT2D eigenvalue weighted by atomic mass is 9.73. The minimum atomic E-state index is -0.814. The van der Waals surface area contributed by atoms with Gasteiger partial charge < -0.3 is 10.2 Å². The van der Waals surface area contributed by atoms with Crippen molar-refractivity contribution in [2.45, 2.75) is 44.7 Å². The molecular formula is C22H29ClN4O3. The maximum Gasteiger partial charge on any atom is 0.325 e. The van der Waals surface area contributed by atoms with Gasteiger partial charge in [0.05, 0.1) is 0 Å². The lowest BCUT2D eigenvalue weighted by Gasteiger charge is -2.37. The van der Waals surface area contributed by atoms with E-state index >= 15 is 0 Å². The molecule has 2 saturated heterocycles. The molecule has 162 valence electrons. The molecule has 2 heterocycles. The first-order valence-electron chi connectivity index (χ1n) is 10.8. The van der Waals surface area contributed by atoms with Crippen LogP contribution in [0.4, 0.5) is 4.79 Å². The molecule has 0 radical (unpaired) electrons. The molecule has 7 nitrogen and oxygen atoms in total. The van der Waals surface area contributed by atoms with E-state index in [1.807, 2.05) is 31.2 Å². The van der Waals surface area contributed by atoms with E-state index in [2.05, 4.69) is 10.2 Å². The van der Waals surface area contributed by atoms with Crippen LogP contribution in [-0.2, 0) is 16.1 Å². The van der Waals surface area contributed by atoms with Crippen LogP contribution >= 0.6 is 11.6 Å². The number of halogens is 1. The molecule has 4 amide bonds. The highest BCUT2D eigenvalue weighted by Crippen LogP contribution is 2.38. The molecule has 1 aliphatic carbocycles. The second-order valence-electron chi connectivity index (χ2n) is 8.73. The number of rotatable bonds is 4. The zero-order chi connectivity index (χ0) is 21.3. The molecule has 1 spiro atoms. The van der Waals surface area contributed by atoms with Crippen LogP contribution in [0.2, 0.25) is 5.02 Å². The van der Waals surface area contributed by atoms with E-state index < -0.39 is 11.6 Å². The van der Waals surface area contributed by atoms with E-state index in [-0.39, 0.29) is 24.3 Å². The quantitative estimate of drug-likeness (QED) is 0.742. The summed E-state index contributed by atoms with van der Waals surface area (Å²) in [6, 6.07) is 7.37. The number of piperazine rings is 1. The summed E-state index contributed by atoms with van der Waals surface area (Å²) in [5.41, 5.74) is 0.333. The summed E-state index contributed by atoms with van der Waals surface area (Å²) in [6.07, 6.45) is 3.57. The minimum absolute atomic E-state index is 0.0952. The van der Waals surface area contributed by atoms with Crippen LogP contribution in [0, 0.1) is 5.92 Å². The largest absolute Gasteiger partial charge is 0.339 e. The van der Waals surface area contributed by atoms with Crippen LogP contribution in [0.1, 0.15) is 38.2 Å². The highest BCUT2D eigenvalue weighted by molar-refractivity contribution is 6.30. The van der Waals surface area contributed by atoms with Crippen molar-refractivity contribution in [3.05, 3.63) is 34.9 Å². The highest BCUT2D eigenvalue weighted by atomic mass is 35.5. The molecular weight excluding hydrogens is 404 g/mol. The molecule has 3 aliphatic rings. The molecule has 1 saturated carbocycles. The molecule has 2 atom stereocenters. The summed E-state index contributed by atoms with van der Waals surface area (Å²) in [4.78, 5) is 43.6. The fourth-order valence-electron chi connectivity index (χ4n) is 4.92. The third-order valence-electron chi connectivity index (χ3n) is 6.82. The molecule has 1 aromatic carbocycles. The number of carbonyl (C=O) groups is 3. The minimum Gasteiger partial charge on any atom is -0.339 e. The van der Waals surface area contributed by atoms with Crippen molar-refractivity contribution >= 4 is 29.4 Å². The Kier molecular flexibility index (Phi) is 6.02. The van der Waals surface area contributed by atoms with Crippen LogP contribution in [0.3, 0.4) is 0 Å². The Hall–Kier alpha value is -2.12. The average Bonchev–Trinajstić information content (AvgIpc) is 2.96. The van der Waals surface area contributed by atoms with Gasteiger partial charge in [-0.25, -0.2) is 4.79 Å². The smallest absolute Gasteiger partial charge is 0.325 e. The van der Waals surface area contributed by atoms with Crippen LogP contribution < -0.4 is 5.32 Å². The predicted molar refractivity (Wildman–Crippen MR) is 114 cm³/mol. The number of carbonyl (C=O) groups excluding carboxylic acids is 3. The van der Waals surface area contributed by atoms with E-state index in [1.54, 1.807) is 4.90 Å². The topological polar surface area (TPSA) is 73.0 Å². The third-order valence-corrected chi connectivity index (χ3v) is 7.05. The predicted octanol–water partition coefficient (Wildman–Crippen LogP) is 2.48. The molecule has 0 aromatic heterocycles. The second kappa shape index (κ2) is 8.55. The first kappa shape index (κ1) is 21.1. The van der Waals surface area contributed by atoms with Crippen LogP contribution in [0.15, 0.2) is 24.3 Å². The van der Waals surface area contributed by atoms with Gasteiger partial charge in [-0.2, -0.15) is 0 Å². The van der Waals surface area contributed by atoms with Gasteiger partial charge >= 0.3 is 6.03 Å². The van der Waals surface area contributed by atoms with E-state index in [9.17, 15) is 14.4 Å². The molecule has 2 unspecified atom stereocenters. The van der Waals surface area contributed by atoms with Crippen molar-refractivity contribution in [3.8, 4) is 0 Å². The summed E-state index contributed by atoms with van der Waals surface area (Å²) in [7, 11) is 0. The molecule has 8 heteroatoms. The first-order valence-corrected chi connectivity index (χ1v) is 11.2. The monoisotopic (exact) mass is 432 g/mol. The summed E-state index contributed by atoms with van der Waals surface area (Å²) in [5, 5.41) is 3.64. The van der Waals surface area contributed by atoms with Gasteiger partial charge in [0, 0.05) is 37.7 Å². The normalized spacial score (nSPS) is 27.6. The third kappa shape index (κ3) is 4.05. The number of nitrogens with one attached hydrogen (secondary N) is 1. The Balaban J connectivity index is 1.31. The summed E-state index contributed by atoms with van der Waals surface area (Å²) in [6.45, 7) is 5.30.